The molecule has 2 aromatic rings. The molecule has 5 rings (SSSR count). The lowest BCUT2D eigenvalue weighted by molar-refractivity contribution is -0.140. The third kappa shape index (κ3) is 8.52. The van der Waals surface area contributed by atoms with Crippen molar-refractivity contribution in [1.29, 1.82) is 0 Å². The number of ketones is 2. The molecule has 57 heavy (non-hydrogen) atoms. The second kappa shape index (κ2) is 17.9. The number of anilines is 1. The Morgan fingerprint density at radius 1 is 1.00 bits per heavy atom. The highest BCUT2D eigenvalue weighted by Gasteiger charge is 2.69. The number of benzene rings is 1. The maximum absolute atomic E-state index is 15.9. The second-order valence-electron chi connectivity index (χ2n) is 19.0. The number of aromatic nitrogens is 1. The van der Waals surface area contributed by atoms with Gasteiger partial charge in [-0.2, -0.15) is 0 Å². The van der Waals surface area contributed by atoms with E-state index >= 15 is 9.59 Å². The van der Waals surface area contributed by atoms with Crippen LogP contribution in [0.25, 0.3) is 5.76 Å². The predicted molar refractivity (Wildman–Crippen MR) is 233 cm³/mol. The lowest BCUT2D eigenvalue weighted by atomic mass is 9.57. The van der Waals surface area contributed by atoms with Gasteiger partial charge >= 0.3 is 0 Å². The van der Waals surface area contributed by atoms with Crippen molar-refractivity contribution < 1.29 is 33.1 Å². The van der Waals surface area contributed by atoms with Gasteiger partial charge in [0, 0.05) is 34.6 Å². The molecule has 13 heteroatoms. The summed E-state index contributed by atoms with van der Waals surface area (Å²) in [6, 6.07) is -0.526. The van der Waals surface area contributed by atoms with Crippen molar-refractivity contribution in [2.75, 3.05) is 45.7 Å². The van der Waals surface area contributed by atoms with Crippen LogP contribution in [0.1, 0.15) is 133 Å². The average Bonchev–Trinajstić information content (AvgIpc) is 3.53. The van der Waals surface area contributed by atoms with Crippen LogP contribution in [0.4, 0.5) is 5.69 Å². The zero-order valence-corrected chi connectivity index (χ0v) is 39.4. The zero-order valence-electron chi connectivity index (χ0n) is 36.8. The molecule has 1 saturated carbocycles. The normalized spacial score (nSPS) is 22.2. The summed E-state index contributed by atoms with van der Waals surface area (Å²) >= 11 is 4.02. The molecular weight excluding hydrogens is 804 g/mol. The summed E-state index contributed by atoms with van der Waals surface area (Å²) in [6.07, 6.45) is 4.28. The van der Waals surface area contributed by atoms with Gasteiger partial charge in [0.05, 0.1) is 30.5 Å². The Morgan fingerprint density at radius 2 is 1.63 bits per heavy atom. The van der Waals surface area contributed by atoms with Gasteiger partial charge in [-0.05, 0) is 109 Å². The van der Waals surface area contributed by atoms with E-state index in [2.05, 4.69) is 107 Å². The highest BCUT2D eigenvalue weighted by atomic mass is 79.9. The van der Waals surface area contributed by atoms with Crippen LogP contribution in [0.15, 0.2) is 14.6 Å². The number of halogens is 1. The second-order valence-corrected chi connectivity index (χ2v) is 24.5. The summed E-state index contributed by atoms with van der Waals surface area (Å²) in [5.74, 6) is -0.323. The summed E-state index contributed by atoms with van der Waals surface area (Å²) in [7, 11) is 1.00. The summed E-state index contributed by atoms with van der Waals surface area (Å²) in [5.41, 5.74) is 1.66. The fourth-order valence-electron chi connectivity index (χ4n) is 8.29. The predicted octanol–water partition coefficient (Wildman–Crippen LogP) is 9.90. The van der Waals surface area contributed by atoms with E-state index in [1.165, 1.54) is 0 Å². The first-order valence-corrected chi connectivity index (χ1v) is 24.9. The smallest absolute Gasteiger partial charge is 0.265 e. The Balaban J connectivity index is 1.81. The van der Waals surface area contributed by atoms with Crippen LogP contribution >= 0.6 is 15.9 Å². The van der Waals surface area contributed by atoms with Crippen molar-refractivity contribution in [1.82, 2.24) is 15.4 Å². The van der Waals surface area contributed by atoms with E-state index in [9.17, 15) is 5.11 Å². The lowest BCUT2D eigenvalue weighted by Crippen LogP contribution is -2.68. The number of carbonyl (C=O) groups is 2. The number of Topliss-reactive ketones (excluding diaryl/α,β-unsaturated/α-hetero) is 2. The maximum Gasteiger partial charge on any atom is 0.265 e. The molecule has 11 nitrogen and oxygen atoms in total. The number of ether oxygens (including phenoxy) is 2. The Bertz CT molecular complexity index is 1830. The van der Waals surface area contributed by atoms with E-state index in [0.29, 0.717) is 61.5 Å². The average molecular weight is 874 g/mol. The summed E-state index contributed by atoms with van der Waals surface area (Å²) in [5, 5.41) is 24.1. The van der Waals surface area contributed by atoms with Gasteiger partial charge in [0.2, 0.25) is 11.6 Å². The van der Waals surface area contributed by atoms with Crippen molar-refractivity contribution in [3.63, 3.8) is 0 Å². The van der Waals surface area contributed by atoms with E-state index in [1.54, 1.807) is 0 Å². The van der Waals surface area contributed by atoms with Crippen LogP contribution in [-0.4, -0.2) is 81.0 Å². The van der Waals surface area contributed by atoms with Gasteiger partial charge in [0.1, 0.15) is 17.1 Å². The Morgan fingerprint density at radius 3 is 2.21 bits per heavy atom. The molecule has 0 saturated heterocycles. The van der Waals surface area contributed by atoms with E-state index in [-0.39, 0.29) is 27.8 Å². The van der Waals surface area contributed by atoms with Gasteiger partial charge in [-0.1, -0.05) is 75.2 Å². The van der Waals surface area contributed by atoms with Gasteiger partial charge in [-0.25, -0.2) is 0 Å². The molecule has 1 heterocycles. The maximum atomic E-state index is 15.9. The Labute approximate surface area is 350 Å². The van der Waals surface area contributed by atoms with E-state index < -0.39 is 43.4 Å². The molecule has 0 radical (unpaired) electrons. The van der Waals surface area contributed by atoms with Crippen molar-refractivity contribution in [3.8, 4) is 11.6 Å². The van der Waals surface area contributed by atoms with Crippen LogP contribution in [0.2, 0.25) is 18.1 Å². The minimum atomic E-state index is -2.86. The molecule has 0 aliphatic heterocycles. The zero-order chi connectivity index (χ0) is 42.2. The van der Waals surface area contributed by atoms with Gasteiger partial charge in [0.25, 0.3) is 5.88 Å². The topological polar surface area (TPSA) is 135 Å². The van der Waals surface area contributed by atoms with Crippen molar-refractivity contribution in [2.45, 2.75) is 137 Å². The number of hydrogen-bond acceptors (Lipinski definition) is 11. The molecule has 318 valence electrons. The molecule has 3 N–H and O–H groups in total. The number of nitrogens with zero attached hydrogens (tertiary/aromatic N) is 2. The molecule has 3 aliphatic carbocycles. The van der Waals surface area contributed by atoms with Crippen molar-refractivity contribution in [2.24, 2.45) is 23.7 Å². The molecule has 0 spiro atoms. The molecule has 0 bridgehead atoms. The fourth-order valence-corrected chi connectivity index (χ4v) is 10.5. The highest BCUT2D eigenvalue weighted by Crippen LogP contribution is 2.60. The lowest BCUT2D eigenvalue weighted by Gasteiger charge is -2.55. The quantitative estimate of drug-likeness (QED) is 0.0751. The molecule has 1 aromatic heterocycles. The SMILES string of the molecule is CCCCOc1noc2c1C(=O)[C@@]1(O[Si](C)(C)C(C)(C)C)C(=O)C3=C(O)c4c(c(Br)c(NCC(C)C)c(CNCC(C)C)c4OCCCC)C[C@H]3C[C@H]1[C@@H]2N(C)C. The molecule has 0 unspecified atom stereocenters. The summed E-state index contributed by atoms with van der Waals surface area (Å²) in [4.78, 5) is 33.4. The number of aliphatic hydroxyl groups excluding tert-OH is 1. The van der Waals surface area contributed by atoms with Crippen LogP contribution in [0, 0.1) is 23.7 Å². The molecule has 1 fully saturated rings. The number of nitrogens with one attached hydrogen (secondary N) is 2. The van der Waals surface area contributed by atoms with Crippen LogP contribution in [-0.2, 0) is 22.2 Å². The number of carbonyl (C=O) groups excluding carboxylic acids is 2. The first kappa shape index (κ1) is 45.4. The van der Waals surface area contributed by atoms with E-state index in [4.69, 9.17) is 18.4 Å². The minimum Gasteiger partial charge on any atom is -0.507 e. The van der Waals surface area contributed by atoms with Crippen LogP contribution in [0.3, 0.4) is 0 Å². The molecule has 4 atom stereocenters. The van der Waals surface area contributed by atoms with E-state index in [0.717, 1.165) is 60.1 Å². The Kier molecular flexibility index (Phi) is 14.2. The summed E-state index contributed by atoms with van der Waals surface area (Å²) < 4.78 is 27.0. The van der Waals surface area contributed by atoms with Crippen molar-refractivity contribution >= 4 is 47.3 Å². The first-order valence-electron chi connectivity index (χ1n) is 21.2. The van der Waals surface area contributed by atoms with Gasteiger partial charge in [0.15, 0.2) is 19.7 Å². The standard InChI is InChI=1S/C44H69BrN4O7Si/c1-14-16-18-53-38-29(24-46-22-25(3)4)35(47-23-26(5)6)34(45)28-20-27-21-30-36(49(10)11)39-33(42(48-55-39)54-19-17-15-2)41(52)44(30,56-57(12,13)43(7,8)9)40(51)31(27)37(50)32(28)38/h25-27,30,36,46-47,50H,14-24H2,1-13H3/t27-,30-,36-,44-/m0/s1. The molecule has 0 amide bonds. The number of aliphatic hydroxyl groups is 1. The minimum absolute atomic E-state index is 0.0876. The molecule has 1 aromatic carbocycles. The van der Waals surface area contributed by atoms with Crippen LogP contribution < -0.4 is 20.1 Å². The number of hydrogen-bond donors (Lipinski definition) is 3. The largest absolute Gasteiger partial charge is 0.507 e. The summed E-state index contributed by atoms with van der Waals surface area (Å²) in [6.45, 7) is 26.1. The number of fused-ring (bicyclic) bond motifs is 4. The van der Waals surface area contributed by atoms with Gasteiger partial charge in [-0.15, -0.1) is 0 Å². The van der Waals surface area contributed by atoms with E-state index in [1.807, 2.05) is 19.0 Å². The monoisotopic (exact) mass is 872 g/mol. The first-order chi connectivity index (χ1) is 26.7. The Hall–Kier alpha value is -2.71. The fraction of sp³-hybridized carbons (Fsp3) is 0.705. The van der Waals surface area contributed by atoms with Gasteiger partial charge < -0.3 is 34.2 Å². The third-order valence-electron chi connectivity index (χ3n) is 12.3. The van der Waals surface area contributed by atoms with Crippen molar-refractivity contribution in [3.05, 3.63) is 38.1 Å². The number of unbranched alkanes of at least 4 members (excludes halogenated alkanes) is 2. The van der Waals surface area contributed by atoms with Crippen LogP contribution in [0.5, 0.6) is 11.6 Å². The number of rotatable bonds is 18. The molecular formula is C44H69BrN4O7Si. The highest BCUT2D eigenvalue weighted by molar-refractivity contribution is 9.10. The van der Waals surface area contributed by atoms with Gasteiger partial charge in [-0.3, -0.25) is 14.5 Å². The third-order valence-corrected chi connectivity index (χ3v) is 17.6. The molecule has 3 aliphatic rings.